The molecule has 1 amide bonds. The van der Waals surface area contributed by atoms with Crippen LogP contribution in [0.5, 0.6) is 5.75 Å². The zero-order valence-electron chi connectivity index (χ0n) is 12.4. The summed E-state index contributed by atoms with van der Waals surface area (Å²) >= 11 is 5.81. The zero-order valence-corrected chi connectivity index (χ0v) is 13.1. The van der Waals surface area contributed by atoms with Crippen LogP contribution in [0.2, 0.25) is 5.02 Å². The third-order valence-corrected chi connectivity index (χ3v) is 3.53. The average molecular weight is 332 g/mol. The minimum atomic E-state index is -0.151. The zero-order chi connectivity index (χ0) is 16.2. The first-order valence-corrected chi connectivity index (χ1v) is 7.31. The molecule has 0 fully saturated rings. The van der Waals surface area contributed by atoms with Crippen LogP contribution in [0, 0.1) is 0 Å². The smallest absolute Gasteiger partial charge is 0.255 e. The van der Waals surface area contributed by atoms with Gasteiger partial charge in [0.2, 0.25) is 5.65 Å². The van der Waals surface area contributed by atoms with Gasteiger partial charge >= 0.3 is 0 Å². The molecule has 1 N–H and O–H groups in total. The van der Waals surface area contributed by atoms with Crippen molar-refractivity contribution in [3.63, 3.8) is 0 Å². The first kappa shape index (κ1) is 15.2. The van der Waals surface area contributed by atoms with E-state index in [1.54, 1.807) is 42.3 Å². The number of hydrogen-bond acceptors (Lipinski definition) is 5. The van der Waals surface area contributed by atoms with Crippen LogP contribution < -0.4 is 4.74 Å². The Bertz CT molecular complexity index is 818. The summed E-state index contributed by atoms with van der Waals surface area (Å²) in [7, 11) is 1.71. The van der Waals surface area contributed by atoms with Gasteiger partial charge in [-0.05, 0) is 30.3 Å². The maximum Gasteiger partial charge on any atom is 0.255 e. The number of nitrogens with one attached hydrogen (secondary N) is 1. The predicted octanol–water partition coefficient (Wildman–Crippen LogP) is 2.16. The molecule has 0 saturated carbocycles. The van der Waals surface area contributed by atoms with E-state index in [0.29, 0.717) is 40.7 Å². The van der Waals surface area contributed by atoms with Crippen molar-refractivity contribution in [2.45, 2.75) is 0 Å². The van der Waals surface area contributed by atoms with Crippen molar-refractivity contribution in [2.75, 3.05) is 20.2 Å². The fraction of sp³-hybridized carbons (Fsp3) is 0.200. The minimum absolute atomic E-state index is 0.151. The molecule has 0 bridgehead atoms. The van der Waals surface area contributed by atoms with Crippen LogP contribution in [0.15, 0.2) is 36.5 Å². The quantitative estimate of drug-likeness (QED) is 0.774. The topological polar surface area (TPSA) is 84.0 Å². The fourth-order valence-corrected chi connectivity index (χ4v) is 2.14. The van der Waals surface area contributed by atoms with Gasteiger partial charge in [-0.3, -0.25) is 4.79 Å². The van der Waals surface area contributed by atoms with Crippen LogP contribution in [-0.2, 0) is 0 Å². The summed E-state index contributed by atoms with van der Waals surface area (Å²) in [5.74, 6) is 0.558. The van der Waals surface area contributed by atoms with Crippen molar-refractivity contribution in [3.05, 3.63) is 47.1 Å². The molecule has 0 aliphatic carbocycles. The molecular weight excluding hydrogens is 318 g/mol. The second kappa shape index (κ2) is 6.62. The lowest BCUT2D eigenvalue weighted by Crippen LogP contribution is -2.30. The lowest BCUT2D eigenvalue weighted by molar-refractivity contribution is 0.0773. The molecule has 118 valence electrons. The summed E-state index contributed by atoms with van der Waals surface area (Å²) < 4.78 is 5.58. The van der Waals surface area contributed by atoms with E-state index in [-0.39, 0.29) is 5.91 Å². The highest BCUT2D eigenvalue weighted by molar-refractivity contribution is 6.30. The normalized spacial score (nSPS) is 10.7. The standard InChI is InChI=1S/C15H14ClN5O2/c1-21(6-7-23-12-4-2-11(16)3-5-12)15(22)10-8-13-14(17-9-10)19-20-18-13/h2-5,8-9H,6-7H2,1H3,(H,17,18,19,20). The van der Waals surface area contributed by atoms with Crippen molar-refractivity contribution in [1.82, 2.24) is 25.3 Å². The summed E-state index contributed by atoms with van der Waals surface area (Å²) in [6.45, 7) is 0.821. The Kier molecular flexibility index (Phi) is 4.38. The van der Waals surface area contributed by atoms with Gasteiger partial charge in [-0.15, -0.1) is 5.10 Å². The molecule has 1 aromatic carbocycles. The SMILES string of the molecule is CN(CCOc1ccc(Cl)cc1)C(=O)c1cnc2n[nH]nc2c1. The molecule has 3 rings (SSSR count). The van der Waals surface area contributed by atoms with E-state index in [1.807, 2.05) is 0 Å². The van der Waals surface area contributed by atoms with E-state index in [0.717, 1.165) is 0 Å². The number of fused-ring (bicyclic) bond motifs is 1. The molecule has 0 unspecified atom stereocenters. The van der Waals surface area contributed by atoms with Gasteiger partial charge in [0.25, 0.3) is 5.91 Å². The van der Waals surface area contributed by atoms with E-state index in [4.69, 9.17) is 16.3 Å². The number of aromatic amines is 1. The molecule has 0 aliphatic heterocycles. The maximum atomic E-state index is 12.4. The highest BCUT2D eigenvalue weighted by atomic mass is 35.5. The molecule has 3 aromatic rings. The number of H-pyrrole nitrogens is 1. The molecule has 0 saturated heterocycles. The van der Waals surface area contributed by atoms with Crippen molar-refractivity contribution in [3.8, 4) is 5.75 Å². The van der Waals surface area contributed by atoms with Crippen LogP contribution in [0.3, 0.4) is 0 Å². The van der Waals surface area contributed by atoms with Crippen molar-refractivity contribution < 1.29 is 9.53 Å². The number of benzene rings is 1. The summed E-state index contributed by atoms with van der Waals surface area (Å²) in [4.78, 5) is 18.0. The van der Waals surface area contributed by atoms with Gasteiger partial charge in [0, 0.05) is 18.3 Å². The molecule has 0 spiro atoms. The number of hydrogen-bond donors (Lipinski definition) is 1. The van der Waals surface area contributed by atoms with E-state index in [1.165, 1.54) is 6.20 Å². The monoisotopic (exact) mass is 331 g/mol. The van der Waals surface area contributed by atoms with Crippen LogP contribution in [0.4, 0.5) is 0 Å². The summed E-state index contributed by atoms with van der Waals surface area (Å²) in [5.41, 5.74) is 1.50. The Balaban J connectivity index is 1.57. The molecule has 0 radical (unpaired) electrons. The maximum absolute atomic E-state index is 12.4. The molecular formula is C15H14ClN5O2. The predicted molar refractivity (Wildman–Crippen MR) is 85.6 cm³/mol. The van der Waals surface area contributed by atoms with Crippen molar-refractivity contribution in [2.24, 2.45) is 0 Å². The summed E-state index contributed by atoms with van der Waals surface area (Å²) in [5, 5.41) is 10.9. The van der Waals surface area contributed by atoms with E-state index >= 15 is 0 Å². The molecule has 2 heterocycles. The van der Waals surface area contributed by atoms with Crippen molar-refractivity contribution in [1.29, 1.82) is 0 Å². The third kappa shape index (κ3) is 3.57. The fourth-order valence-electron chi connectivity index (χ4n) is 2.01. The summed E-state index contributed by atoms with van der Waals surface area (Å²) in [6, 6.07) is 8.74. The number of amides is 1. The number of likely N-dealkylation sites (N-methyl/N-ethyl adjacent to an activating group) is 1. The molecule has 2 aromatic heterocycles. The van der Waals surface area contributed by atoms with Gasteiger partial charge in [-0.25, -0.2) is 4.98 Å². The largest absolute Gasteiger partial charge is 0.492 e. The average Bonchev–Trinajstić information content (AvgIpc) is 3.03. The number of carbonyl (C=O) groups is 1. The Labute approximate surface area is 137 Å². The van der Waals surface area contributed by atoms with E-state index < -0.39 is 0 Å². The van der Waals surface area contributed by atoms with Crippen LogP contribution in [0.1, 0.15) is 10.4 Å². The highest BCUT2D eigenvalue weighted by Crippen LogP contribution is 2.15. The van der Waals surface area contributed by atoms with Gasteiger partial charge in [-0.1, -0.05) is 11.6 Å². The second-order valence-electron chi connectivity index (χ2n) is 4.92. The first-order valence-electron chi connectivity index (χ1n) is 6.94. The third-order valence-electron chi connectivity index (χ3n) is 3.28. The van der Waals surface area contributed by atoms with Crippen molar-refractivity contribution >= 4 is 28.7 Å². The number of aromatic nitrogens is 4. The van der Waals surface area contributed by atoms with Gasteiger partial charge in [0.1, 0.15) is 17.9 Å². The Morgan fingerprint density at radius 2 is 2.09 bits per heavy atom. The Hall–Kier alpha value is -2.67. The number of halogens is 1. The first-order chi connectivity index (χ1) is 11.1. The molecule has 8 heteroatoms. The highest BCUT2D eigenvalue weighted by Gasteiger charge is 2.13. The van der Waals surface area contributed by atoms with Gasteiger partial charge < -0.3 is 9.64 Å². The number of nitrogens with zero attached hydrogens (tertiary/aromatic N) is 4. The number of ether oxygens (including phenoxy) is 1. The lowest BCUT2D eigenvalue weighted by atomic mass is 10.2. The second-order valence-corrected chi connectivity index (χ2v) is 5.36. The summed E-state index contributed by atoms with van der Waals surface area (Å²) in [6.07, 6.45) is 1.49. The minimum Gasteiger partial charge on any atom is -0.492 e. The van der Waals surface area contributed by atoms with Crippen LogP contribution in [0.25, 0.3) is 11.2 Å². The molecule has 23 heavy (non-hydrogen) atoms. The van der Waals surface area contributed by atoms with Crippen LogP contribution in [-0.4, -0.2) is 51.4 Å². The Morgan fingerprint density at radius 3 is 2.87 bits per heavy atom. The Morgan fingerprint density at radius 1 is 1.30 bits per heavy atom. The number of pyridine rings is 1. The lowest BCUT2D eigenvalue weighted by Gasteiger charge is -2.17. The van der Waals surface area contributed by atoms with Crippen LogP contribution >= 0.6 is 11.6 Å². The van der Waals surface area contributed by atoms with E-state index in [2.05, 4.69) is 20.4 Å². The number of rotatable bonds is 5. The number of carbonyl (C=O) groups excluding carboxylic acids is 1. The van der Waals surface area contributed by atoms with Gasteiger partial charge in [-0.2, -0.15) is 10.3 Å². The molecule has 0 atom stereocenters. The van der Waals surface area contributed by atoms with Gasteiger partial charge in [0.05, 0.1) is 12.1 Å². The molecule has 0 aliphatic rings. The van der Waals surface area contributed by atoms with E-state index in [9.17, 15) is 4.79 Å². The van der Waals surface area contributed by atoms with Gasteiger partial charge in [0.15, 0.2) is 0 Å². The molecule has 7 nitrogen and oxygen atoms in total.